The Bertz CT molecular complexity index is 569. The van der Waals surface area contributed by atoms with Crippen molar-refractivity contribution in [1.82, 2.24) is 0 Å². The van der Waals surface area contributed by atoms with Gasteiger partial charge in [-0.3, -0.25) is 4.79 Å². The third-order valence-electron chi connectivity index (χ3n) is 4.63. The molecule has 23 heavy (non-hydrogen) atoms. The Morgan fingerprint density at radius 2 is 1.91 bits per heavy atom. The highest BCUT2D eigenvalue weighted by Crippen LogP contribution is 2.36. The van der Waals surface area contributed by atoms with Crippen LogP contribution in [0.5, 0.6) is 0 Å². The highest BCUT2D eigenvalue weighted by Gasteiger charge is 2.33. The Morgan fingerprint density at radius 3 is 2.48 bits per heavy atom. The van der Waals surface area contributed by atoms with Crippen LogP contribution < -0.4 is 11.1 Å². The molecule has 1 aliphatic rings. The first kappa shape index (κ1) is 17.6. The van der Waals surface area contributed by atoms with E-state index in [0.29, 0.717) is 11.8 Å². The van der Waals surface area contributed by atoms with Crippen LogP contribution in [0.2, 0.25) is 0 Å². The van der Waals surface area contributed by atoms with E-state index in [1.165, 1.54) is 0 Å². The average Bonchev–Trinajstić information content (AvgIpc) is 2.46. The van der Waals surface area contributed by atoms with Crippen molar-refractivity contribution in [3.8, 4) is 0 Å². The molecule has 1 aromatic carbocycles. The predicted octanol–water partition coefficient (Wildman–Crippen LogP) is 4.43. The van der Waals surface area contributed by atoms with Gasteiger partial charge in [0, 0.05) is 11.7 Å². The van der Waals surface area contributed by atoms with E-state index in [1.807, 2.05) is 0 Å². The Balaban J connectivity index is 2.34. The number of carbonyl (C=O) groups is 1. The number of primary amides is 1. The van der Waals surface area contributed by atoms with Gasteiger partial charge in [-0.2, -0.15) is 13.2 Å². The van der Waals surface area contributed by atoms with E-state index >= 15 is 0 Å². The lowest BCUT2D eigenvalue weighted by atomic mass is 9.77. The molecule has 0 heterocycles. The molecule has 3 nitrogen and oxygen atoms in total. The SMILES string of the molecule is CC(C)[C@@H]1CCCC[C@@H]1Nc1cc(C(F)(F)F)ccc1C(N)=O. The Hall–Kier alpha value is -1.72. The van der Waals surface area contributed by atoms with Crippen molar-refractivity contribution in [2.45, 2.75) is 51.7 Å². The molecule has 2 atom stereocenters. The highest BCUT2D eigenvalue weighted by molar-refractivity contribution is 5.98. The molecule has 0 unspecified atom stereocenters. The zero-order valence-corrected chi connectivity index (χ0v) is 13.4. The first-order valence-electron chi connectivity index (χ1n) is 7.97. The molecule has 1 fully saturated rings. The van der Waals surface area contributed by atoms with Crippen molar-refractivity contribution >= 4 is 11.6 Å². The maximum atomic E-state index is 12.9. The van der Waals surface area contributed by atoms with Gasteiger partial charge in [-0.25, -0.2) is 0 Å². The fourth-order valence-electron chi connectivity index (χ4n) is 3.39. The summed E-state index contributed by atoms with van der Waals surface area (Å²) in [5.41, 5.74) is 4.82. The topological polar surface area (TPSA) is 55.1 Å². The molecule has 0 bridgehead atoms. The molecule has 0 aromatic heterocycles. The number of anilines is 1. The highest BCUT2D eigenvalue weighted by atomic mass is 19.4. The van der Waals surface area contributed by atoms with E-state index in [9.17, 15) is 18.0 Å². The monoisotopic (exact) mass is 328 g/mol. The molecule has 128 valence electrons. The number of hydrogen-bond acceptors (Lipinski definition) is 2. The van der Waals surface area contributed by atoms with Gasteiger partial charge in [0.05, 0.1) is 11.1 Å². The summed E-state index contributed by atoms with van der Waals surface area (Å²) in [5, 5.41) is 3.17. The number of rotatable bonds is 4. The van der Waals surface area contributed by atoms with Crippen LogP contribution in [0, 0.1) is 11.8 Å². The molecule has 1 aromatic rings. The molecule has 1 amide bonds. The summed E-state index contributed by atoms with van der Waals surface area (Å²) >= 11 is 0. The Morgan fingerprint density at radius 1 is 1.26 bits per heavy atom. The summed E-state index contributed by atoms with van der Waals surface area (Å²) in [6.45, 7) is 4.23. The first-order valence-corrected chi connectivity index (χ1v) is 7.97. The summed E-state index contributed by atoms with van der Waals surface area (Å²) in [6.07, 6.45) is -0.355. The van der Waals surface area contributed by atoms with Crippen molar-refractivity contribution in [2.75, 3.05) is 5.32 Å². The average molecular weight is 328 g/mol. The fourth-order valence-corrected chi connectivity index (χ4v) is 3.39. The lowest BCUT2D eigenvalue weighted by Crippen LogP contribution is -2.36. The molecule has 1 saturated carbocycles. The predicted molar refractivity (Wildman–Crippen MR) is 84.2 cm³/mol. The Labute approximate surface area is 134 Å². The number of hydrogen-bond donors (Lipinski definition) is 2. The van der Waals surface area contributed by atoms with Crippen LogP contribution in [0.15, 0.2) is 18.2 Å². The van der Waals surface area contributed by atoms with E-state index in [1.54, 1.807) is 0 Å². The number of amides is 1. The molecular weight excluding hydrogens is 305 g/mol. The van der Waals surface area contributed by atoms with Crippen LogP contribution in [0.3, 0.4) is 0 Å². The molecular formula is C17H23F3N2O. The molecule has 0 saturated heterocycles. The normalized spacial score (nSPS) is 22.2. The van der Waals surface area contributed by atoms with Crippen molar-refractivity contribution in [2.24, 2.45) is 17.6 Å². The molecule has 0 aliphatic heterocycles. The number of nitrogens with two attached hydrogens (primary N) is 1. The standard InChI is InChI=1S/C17H23F3N2O/c1-10(2)12-5-3-4-6-14(12)22-15-9-11(17(18,19)20)7-8-13(15)16(21)23/h7-10,12,14,22H,3-6H2,1-2H3,(H2,21,23)/t12-,14-/m0/s1. The van der Waals surface area contributed by atoms with E-state index in [0.717, 1.165) is 43.9 Å². The number of carbonyl (C=O) groups excluding carboxylic acids is 1. The van der Waals surface area contributed by atoms with Gasteiger partial charge in [0.25, 0.3) is 5.91 Å². The lowest BCUT2D eigenvalue weighted by molar-refractivity contribution is -0.137. The summed E-state index contributed by atoms with van der Waals surface area (Å²) in [4.78, 5) is 11.5. The summed E-state index contributed by atoms with van der Waals surface area (Å²) in [5.74, 6) is 0.0766. The second-order valence-corrected chi connectivity index (χ2v) is 6.57. The maximum Gasteiger partial charge on any atom is 0.416 e. The van der Waals surface area contributed by atoms with E-state index in [4.69, 9.17) is 5.73 Å². The van der Waals surface area contributed by atoms with Gasteiger partial charge in [-0.05, 0) is 42.9 Å². The van der Waals surface area contributed by atoms with Crippen molar-refractivity contribution in [3.05, 3.63) is 29.3 Å². The molecule has 2 rings (SSSR count). The minimum Gasteiger partial charge on any atom is -0.381 e. The van der Waals surface area contributed by atoms with E-state index < -0.39 is 17.6 Å². The van der Waals surface area contributed by atoms with Gasteiger partial charge in [0.1, 0.15) is 0 Å². The molecule has 0 radical (unpaired) electrons. The number of halogens is 3. The van der Waals surface area contributed by atoms with Crippen LogP contribution in [-0.2, 0) is 6.18 Å². The van der Waals surface area contributed by atoms with Crippen LogP contribution in [0.4, 0.5) is 18.9 Å². The maximum absolute atomic E-state index is 12.9. The smallest absolute Gasteiger partial charge is 0.381 e. The van der Waals surface area contributed by atoms with Crippen LogP contribution >= 0.6 is 0 Å². The van der Waals surface area contributed by atoms with Gasteiger partial charge < -0.3 is 11.1 Å². The molecule has 1 aliphatic carbocycles. The number of benzene rings is 1. The van der Waals surface area contributed by atoms with Crippen LogP contribution in [0.25, 0.3) is 0 Å². The summed E-state index contributed by atoms with van der Waals surface area (Å²) in [6, 6.07) is 3.10. The van der Waals surface area contributed by atoms with E-state index in [2.05, 4.69) is 19.2 Å². The first-order chi connectivity index (χ1) is 10.7. The lowest BCUT2D eigenvalue weighted by Gasteiger charge is -2.36. The fraction of sp³-hybridized carbons (Fsp3) is 0.588. The van der Waals surface area contributed by atoms with Crippen molar-refractivity contribution < 1.29 is 18.0 Å². The second-order valence-electron chi connectivity index (χ2n) is 6.57. The molecule has 6 heteroatoms. The van der Waals surface area contributed by atoms with Gasteiger partial charge in [0.15, 0.2) is 0 Å². The quantitative estimate of drug-likeness (QED) is 0.859. The minimum atomic E-state index is -4.45. The van der Waals surface area contributed by atoms with Gasteiger partial charge >= 0.3 is 6.18 Å². The van der Waals surface area contributed by atoms with Crippen LogP contribution in [0.1, 0.15) is 55.5 Å². The summed E-state index contributed by atoms with van der Waals surface area (Å²) in [7, 11) is 0. The Kier molecular flexibility index (Phi) is 5.22. The van der Waals surface area contributed by atoms with Crippen molar-refractivity contribution in [1.29, 1.82) is 0 Å². The largest absolute Gasteiger partial charge is 0.416 e. The number of alkyl halides is 3. The van der Waals surface area contributed by atoms with Crippen molar-refractivity contribution in [3.63, 3.8) is 0 Å². The summed E-state index contributed by atoms with van der Waals surface area (Å²) < 4.78 is 38.8. The zero-order valence-electron chi connectivity index (χ0n) is 13.4. The zero-order chi connectivity index (χ0) is 17.2. The third-order valence-corrected chi connectivity index (χ3v) is 4.63. The minimum absolute atomic E-state index is 0.0605. The number of nitrogens with one attached hydrogen (secondary N) is 1. The second kappa shape index (κ2) is 6.81. The van der Waals surface area contributed by atoms with Gasteiger partial charge in [0.2, 0.25) is 0 Å². The molecule has 0 spiro atoms. The van der Waals surface area contributed by atoms with E-state index in [-0.39, 0.29) is 17.3 Å². The molecule has 3 N–H and O–H groups in total. The third kappa shape index (κ3) is 4.18. The van der Waals surface area contributed by atoms with Gasteiger partial charge in [-0.15, -0.1) is 0 Å². The van der Waals surface area contributed by atoms with Gasteiger partial charge in [-0.1, -0.05) is 26.7 Å². The van der Waals surface area contributed by atoms with Crippen LogP contribution in [-0.4, -0.2) is 11.9 Å².